The van der Waals surface area contributed by atoms with Gasteiger partial charge in [0.1, 0.15) is 0 Å². The third-order valence-electron chi connectivity index (χ3n) is 6.04. The monoisotopic (exact) mass is 359 g/mol. The predicted octanol–water partition coefficient (Wildman–Crippen LogP) is 2.31. The zero-order valence-corrected chi connectivity index (χ0v) is 15.2. The Hall–Kier alpha value is -1.92. The molecule has 1 aliphatic carbocycles. The van der Waals surface area contributed by atoms with Crippen molar-refractivity contribution in [3.05, 3.63) is 35.4 Å². The molecule has 0 amide bonds. The summed E-state index contributed by atoms with van der Waals surface area (Å²) in [4.78, 5) is 13.4. The van der Waals surface area contributed by atoms with E-state index in [0.29, 0.717) is 24.8 Å². The van der Waals surface area contributed by atoms with Gasteiger partial charge >= 0.3 is 5.97 Å². The molecule has 6 nitrogen and oxygen atoms in total. The van der Waals surface area contributed by atoms with E-state index < -0.39 is 11.6 Å². The first-order valence-corrected chi connectivity index (χ1v) is 9.50. The quantitative estimate of drug-likeness (QED) is 0.426. The Morgan fingerprint density at radius 3 is 2.35 bits per heavy atom. The van der Waals surface area contributed by atoms with Gasteiger partial charge in [-0.15, -0.1) is 0 Å². The van der Waals surface area contributed by atoms with Crippen LogP contribution in [0, 0.1) is 0 Å². The van der Waals surface area contributed by atoms with Gasteiger partial charge in [-0.1, -0.05) is 24.3 Å². The second-order valence-electron chi connectivity index (χ2n) is 7.78. The van der Waals surface area contributed by atoms with Crippen LogP contribution in [0.1, 0.15) is 62.0 Å². The van der Waals surface area contributed by atoms with E-state index in [1.165, 1.54) is 5.56 Å². The molecule has 1 saturated heterocycles. The Morgan fingerprint density at radius 2 is 1.81 bits per heavy atom. The number of aliphatic hydroxyl groups is 1. The van der Waals surface area contributed by atoms with Crippen LogP contribution < -0.4 is 5.84 Å². The molecule has 4 N–H and O–H groups in total. The van der Waals surface area contributed by atoms with Crippen LogP contribution in [0.2, 0.25) is 0 Å². The fraction of sp³-hybridized carbons (Fsp3) is 0.600. The molecular formula is C20H29N3O3. The summed E-state index contributed by atoms with van der Waals surface area (Å²) in [5.74, 6) is 4.87. The number of aliphatic carboxylic acids is 1. The number of hydrazone groups is 1. The second kappa shape index (κ2) is 8.18. The van der Waals surface area contributed by atoms with Crippen molar-refractivity contribution < 1.29 is 15.0 Å². The van der Waals surface area contributed by atoms with Crippen molar-refractivity contribution in [2.75, 3.05) is 13.1 Å². The van der Waals surface area contributed by atoms with Crippen molar-refractivity contribution >= 4 is 12.2 Å². The molecule has 0 radical (unpaired) electrons. The van der Waals surface area contributed by atoms with Crippen LogP contribution in [0.3, 0.4) is 0 Å². The molecule has 2 fully saturated rings. The van der Waals surface area contributed by atoms with Crippen LogP contribution in [0.4, 0.5) is 0 Å². The highest BCUT2D eigenvalue weighted by atomic mass is 16.4. The number of rotatable bonds is 5. The summed E-state index contributed by atoms with van der Waals surface area (Å²) in [6, 6.07) is 8.94. The Bertz CT molecular complexity index is 628. The molecular weight excluding hydrogens is 330 g/mol. The van der Waals surface area contributed by atoms with Gasteiger partial charge in [0.15, 0.2) is 0 Å². The lowest BCUT2D eigenvalue weighted by molar-refractivity contribution is -0.144. The Kier molecular flexibility index (Phi) is 5.94. The predicted molar refractivity (Wildman–Crippen MR) is 101 cm³/mol. The molecule has 1 aliphatic heterocycles. The summed E-state index contributed by atoms with van der Waals surface area (Å²) < 4.78 is 0. The third-order valence-corrected chi connectivity index (χ3v) is 6.04. The smallest absolute Gasteiger partial charge is 0.306 e. The number of hydrogen-bond donors (Lipinski definition) is 3. The van der Waals surface area contributed by atoms with Gasteiger partial charge in [-0.25, -0.2) is 0 Å². The van der Waals surface area contributed by atoms with E-state index in [9.17, 15) is 9.90 Å². The summed E-state index contributed by atoms with van der Waals surface area (Å²) in [6.07, 6.45) is 6.76. The molecule has 2 aliphatic rings. The number of benzene rings is 1. The molecule has 0 unspecified atom stereocenters. The Balaban J connectivity index is 1.49. The molecule has 1 heterocycles. The number of carboxylic acid groups (broad SMARTS) is 1. The lowest BCUT2D eigenvalue weighted by Gasteiger charge is -2.43. The molecule has 0 spiro atoms. The zero-order chi connectivity index (χ0) is 18.6. The molecule has 6 heteroatoms. The Morgan fingerprint density at radius 1 is 1.19 bits per heavy atom. The zero-order valence-electron chi connectivity index (χ0n) is 15.2. The van der Waals surface area contributed by atoms with E-state index in [1.807, 2.05) is 0 Å². The lowest BCUT2D eigenvalue weighted by atomic mass is 9.78. The minimum absolute atomic E-state index is 0.132. The van der Waals surface area contributed by atoms with Crippen molar-refractivity contribution in [3.63, 3.8) is 0 Å². The first-order chi connectivity index (χ1) is 12.5. The molecule has 142 valence electrons. The number of piperidine rings is 1. The Labute approximate surface area is 154 Å². The van der Waals surface area contributed by atoms with Gasteiger partial charge in [-0.3, -0.25) is 4.79 Å². The van der Waals surface area contributed by atoms with Gasteiger partial charge < -0.3 is 21.0 Å². The molecule has 0 atom stereocenters. The van der Waals surface area contributed by atoms with Crippen molar-refractivity contribution in [2.24, 2.45) is 10.9 Å². The summed E-state index contributed by atoms with van der Waals surface area (Å²) in [7, 11) is 0. The number of carbonyl (C=O) groups is 1. The SMILES string of the molecule is N/N=C\c1ccc(C2CCN(C3CCC(O)(CC(=O)O)CC3)CC2)cc1. The standard InChI is InChI=1S/C20H29N3O3/c21-22-14-15-1-3-16(4-2-15)17-7-11-23(12-8-17)18-5-9-20(26,10-6-18)13-19(24)25/h1-4,14,17-18,26H,5-13,21H2,(H,24,25)/b22-14-. The maximum absolute atomic E-state index is 10.9. The fourth-order valence-corrected chi connectivity index (χ4v) is 4.50. The van der Waals surface area contributed by atoms with Crippen LogP contribution >= 0.6 is 0 Å². The average molecular weight is 359 g/mol. The highest BCUT2D eigenvalue weighted by Crippen LogP contribution is 2.36. The first-order valence-electron chi connectivity index (χ1n) is 9.50. The van der Waals surface area contributed by atoms with E-state index in [0.717, 1.165) is 44.3 Å². The van der Waals surface area contributed by atoms with Crippen LogP contribution in [0.25, 0.3) is 0 Å². The molecule has 1 aromatic carbocycles. The average Bonchev–Trinajstić information content (AvgIpc) is 2.63. The number of nitrogens with two attached hydrogens (primary N) is 1. The summed E-state index contributed by atoms with van der Waals surface area (Å²) in [5, 5.41) is 22.9. The molecule has 1 saturated carbocycles. The fourth-order valence-electron chi connectivity index (χ4n) is 4.50. The number of carboxylic acids is 1. The summed E-state index contributed by atoms with van der Waals surface area (Å²) in [5.41, 5.74) is 1.39. The van der Waals surface area contributed by atoms with Gasteiger partial charge in [-0.2, -0.15) is 5.10 Å². The van der Waals surface area contributed by atoms with E-state index in [-0.39, 0.29) is 6.42 Å². The normalized spacial score (nSPS) is 28.4. The van der Waals surface area contributed by atoms with E-state index in [4.69, 9.17) is 10.9 Å². The molecule has 0 aromatic heterocycles. The van der Waals surface area contributed by atoms with Gasteiger partial charge in [0.25, 0.3) is 0 Å². The van der Waals surface area contributed by atoms with Gasteiger partial charge in [0.05, 0.1) is 18.2 Å². The lowest BCUT2D eigenvalue weighted by Crippen LogP contribution is -2.47. The van der Waals surface area contributed by atoms with Crippen molar-refractivity contribution in [2.45, 2.75) is 62.5 Å². The van der Waals surface area contributed by atoms with Crippen LogP contribution in [-0.2, 0) is 4.79 Å². The molecule has 0 bridgehead atoms. The topological polar surface area (TPSA) is 99.1 Å². The number of hydrogen-bond acceptors (Lipinski definition) is 5. The van der Waals surface area contributed by atoms with E-state index in [1.54, 1.807) is 6.21 Å². The maximum Gasteiger partial charge on any atom is 0.306 e. The number of nitrogens with zero attached hydrogens (tertiary/aromatic N) is 2. The van der Waals surface area contributed by atoms with Gasteiger partial charge in [0, 0.05) is 6.04 Å². The van der Waals surface area contributed by atoms with E-state index in [2.05, 4.69) is 34.3 Å². The van der Waals surface area contributed by atoms with Crippen molar-refractivity contribution in [3.8, 4) is 0 Å². The van der Waals surface area contributed by atoms with Crippen molar-refractivity contribution in [1.82, 2.24) is 4.90 Å². The second-order valence-corrected chi connectivity index (χ2v) is 7.78. The van der Waals surface area contributed by atoms with Crippen LogP contribution in [-0.4, -0.2) is 52.0 Å². The highest BCUT2D eigenvalue weighted by Gasteiger charge is 2.37. The van der Waals surface area contributed by atoms with Gasteiger partial charge in [-0.05, 0) is 68.7 Å². The minimum atomic E-state index is -1.00. The van der Waals surface area contributed by atoms with Crippen LogP contribution in [0.5, 0.6) is 0 Å². The van der Waals surface area contributed by atoms with E-state index >= 15 is 0 Å². The molecule has 3 rings (SSSR count). The highest BCUT2D eigenvalue weighted by molar-refractivity contribution is 5.79. The third kappa shape index (κ3) is 4.62. The molecule has 1 aromatic rings. The van der Waals surface area contributed by atoms with Crippen LogP contribution in [0.15, 0.2) is 29.4 Å². The summed E-state index contributed by atoms with van der Waals surface area (Å²) >= 11 is 0. The summed E-state index contributed by atoms with van der Waals surface area (Å²) in [6.45, 7) is 2.14. The maximum atomic E-state index is 10.9. The first kappa shape index (κ1) is 18.9. The van der Waals surface area contributed by atoms with Gasteiger partial charge in [0.2, 0.25) is 0 Å². The van der Waals surface area contributed by atoms with Crippen molar-refractivity contribution in [1.29, 1.82) is 0 Å². The minimum Gasteiger partial charge on any atom is -0.481 e. The number of likely N-dealkylation sites (tertiary alicyclic amines) is 1. The molecule has 26 heavy (non-hydrogen) atoms. The largest absolute Gasteiger partial charge is 0.481 e.